The van der Waals surface area contributed by atoms with Crippen molar-refractivity contribution in [2.45, 2.75) is 18.0 Å². The second kappa shape index (κ2) is 5.34. The van der Waals surface area contributed by atoms with Crippen molar-refractivity contribution in [1.29, 1.82) is 0 Å². The first kappa shape index (κ1) is 13.0. The van der Waals surface area contributed by atoms with Crippen LogP contribution in [0, 0.1) is 0 Å². The molecule has 0 atom stereocenters. The van der Waals surface area contributed by atoms with Crippen LogP contribution in [0.3, 0.4) is 0 Å². The Bertz CT molecular complexity index is 354. The molecule has 0 saturated carbocycles. The van der Waals surface area contributed by atoms with Crippen molar-refractivity contribution in [3.8, 4) is 5.75 Å². The zero-order valence-corrected chi connectivity index (χ0v) is 9.49. The van der Waals surface area contributed by atoms with Gasteiger partial charge in [0, 0.05) is 10.6 Å². The Morgan fingerprint density at radius 2 is 2.06 bits per heavy atom. The highest BCUT2D eigenvalue weighted by atomic mass is 32.2. The Morgan fingerprint density at radius 1 is 1.38 bits per heavy atom. The Labute approximate surface area is 96.0 Å². The summed E-state index contributed by atoms with van der Waals surface area (Å²) in [5.41, 5.74) is 5.90. The van der Waals surface area contributed by atoms with Gasteiger partial charge in [0.25, 0.3) is 0 Å². The number of thioether (sulfide) groups is 1. The van der Waals surface area contributed by atoms with E-state index < -0.39 is 11.9 Å². The summed E-state index contributed by atoms with van der Waals surface area (Å²) in [6, 6.07) is 4.70. The maximum Gasteiger partial charge on any atom is 0.398 e. The molecule has 0 aromatic heterocycles. The fraction of sp³-hybridized carbons (Fsp3) is 0.400. The molecule has 6 heteroatoms. The summed E-state index contributed by atoms with van der Waals surface area (Å²) >= 11 is 0.664. The first-order valence-corrected chi connectivity index (χ1v) is 5.63. The molecule has 2 N–H and O–H groups in total. The van der Waals surface area contributed by atoms with E-state index in [1.165, 1.54) is 6.07 Å². The summed E-state index contributed by atoms with van der Waals surface area (Å²) in [5.74, 6) is -0.423. The molecule has 0 amide bonds. The lowest BCUT2D eigenvalue weighted by atomic mass is 10.3. The van der Waals surface area contributed by atoms with Gasteiger partial charge in [-0.15, -0.1) is 11.8 Å². The van der Waals surface area contributed by atoms with Crippen molar-refractivity contribution in [2.75, 3.05) is 18.1 Å². The SMILES string of the molecule is CCOc1ccc(N)c(SCC(F)(F)F)c1. The Balaban J connectivity index is 2.74. The highest BCUT2D eigenvalue weighted by Gasteiger charge is 2.27. The average Bonchev–Trinajstić information content (AvgIpc) is 2.18. The number of hydrogen-bond acceptors (Lipinski definition) is 3. The van der Waals surface area contributed by atoms with E-state index in [2.05, 4.69) is 0 Å². The average molecular weight is 251 g/mol. The molecular formula is C10H12F3NOS. The van der Waals surface area contributed by atoms with Gasteiger partial charge in [0.2, 0.25) is 0 Å². The predicted molar refractivity (Wildman–Crippen MR) is 58.8 cm³/mol. The minimum atomic E-state index is -4.20. The van der Waals surface area contributed by atoms with E-state index in [9.17, 15) is 13.2 Å². The van der Waals surface area contributed by atoms with Crippen LogP contribution in [-0.2, 0) is 0 Å². The quantitative estimate of drug-likeness (QED) is 0.658. The van der Waals surface area contributed by atoms with E-state index in [0.717, 1.165) is 0 Å². The number of benzene rings is 1. The summed E-state index contributed by atoms with van der Waals surface area (Å²) in [6.45, 7) is 2.27. The number of ether oxygens (including phenoxy) is 1. The molecule has 2 nitrogen and oxygen atoms in total. The van der Waals surface area contributed by atoms with Crippen LogP contribution in [0.1, 0.15) is 6.92 Å². The summed E-state index contributed by atoms with van der Waals surface area (Å²) < 4.78 is 41.3. The third kappa shape index (κ3) is 4.22. The molecule has 0 heterocycles. The Hall–Kier alpha value is -1.04. The number of rotatable bonds is 4. The summed E-state index contributed by atoms with van der Waals surface area (Å²) in [6.07, 6.45) is -4.20. The fourth-order valence-corrected chi connectivity index (χ4v) is 1.81. The Kier molecular flexibility index (Phi) is 4.35. The third-order valence-electron chi connectivity index (χ3n) is 1.69. The van der Waals surface area contributed by atoms with Gasteiger partial charge in [-0.1, -0.05) is 0 Å². The Morgan fingerprint density at radius 3 is 2.62 bits per heavy atom. The lowest BCUT2D eigenvalue weighted by Gasteiger charge is -2.10. The summed E-state index contributed by atoms with van der Waals surface area (Å²) in [7, 11) is 0. The molecular weight excluding hydrogens is 239 g/mol. The number of alkyl halides is 3. The van der Waals surface area contributed by atoms with Crippen molar-refractivity contribution < 1.29 is 17.9 Å². The van der Waals surface area contributed by atoms with Gasteiger partial charge < -0.3 is 10.5 Å². The van der Waals surface area contributed by atoms with Crippen LogP contribution in [0.25, 0.3) is 0 Å². The molecule has 0 unspecified atom stereocenters. The first-order chi connectivity index (χ1) is 7.42. The highest BCUT2D eigenvalue weighted by Crippen LogP contribution is 2.33. The normalized spacial score (nSPS) is 11.5. The van der Waals surface area contributed by atoms with E-state index >= 15 is 0 Å². The van der Waals surface area contributed by atoms with Crippen molar-refractivity contribution in [3.05, 3.63) is 18.2 Å². The van der Waals surface area contributed by atoms with Crippen LogP contribution >= 0.6 is 11.8 Å². The van der Waals surface area contributed by atoms with E-state index in [0.29, 0.717) is 34.7 Å². The van der Waals surface area contributed by atoms with E-state index in [1.54, 1.807) is 19.1 Å². The van der Waals surface area contributed by atoms with Gasteiger partial charge in [0.05, 0.1) is 12.4 Å². The molecule has 1 aromatic rings. The van der Waals surface area contributed by atoms with Gasteiger partial charge in [0.15, 0.2) is 0 Å². The minimum absolute atomic E-state index is 0.331. The van der Waals surface area contributed by atoms with Crippen LogP contribution in [0.5, 0.6) is 5.75 Å². The molecule has 0 aliphatic carbocycles. The van der Waals surface area contributed by atoms with Crippen molar-refractivity contribution in [2.24, 2.45) is 0 Å². The molecule has 90 valence electrons. The maximum atomic E-state index is 12.0. The molecule has 0 bridgehead atoms. The van der Waals surface area contributed by atoms with Gasteiger partial charge in [0.1, 0.15) is 5.75 Å². The smallest absolute Gasteiger partial charge is 0.398 e. The monoisotopic (exact) mass is 251 g/mol. The van der Waals surface area contributed by atoms with Crippen LogP contribution in [0.2, 0.25) is 0 Å². The number of nitrogens with two attached hydrogens (primary N) is 1. The van der Waals surface area contributed by atoms with E-state index in [1.807, 2.05) is 0 Å². The molecule has 0 saturated heterocycles. The minimum Gasteiger partial charge on any atom is -0.494 e. The van der Waals surface area contributed by atoms with Crippen molar-refractivity contribution in [3.63, 3.8) is 0 Å². The fourth-order valence-electron chi connectivity index (χ4n) is 1.06. The number of hydrogen-bond donors (Lipinski definition) is 1. The summed E-state index contributed by atoms with van der Waals surface area (Å²) in [4.78, 5) is 0.392. The van der Waals surface area contributed by atoms with Gasteiger partial charge in [-0.25, -0.2) is 0 Å². The number of nitrogen functional groups attached to an aromatic ring is 1. The predicted octanol–water partition coefficient (Wildman–Crippen LogP) is 3.32. The lowest BCUT2D eigenvalue weighted by molar-refractivity contribution is -0.105. The first-order valence-electron chi connectivity index (χ1n) is 4.64. The van der Waals surface area contributed by atoms with Crippen LogP contribution < -0.4 is 10.5 Å². The van der Waals surface area contributed by atoms with Gasteiger partial charge in [-0.3, -0.25) is 0 Å². The van der Waals surface area contributed by atoms with Crippen molar-refractivity contribution in [1.82, 2.24) is 0 Å². The summed E-state index contributed by atoms with van der Waals surface area (Å²) in [5, 5.41) is 0. The molecule has 0 radical (unpaired) electrons. The van der Waals surface area contributed by atoms with E-state index in [-0.39, 0.29) is 0 Å². The zero-order valence-electron chi connectivity index (χ0n) is 8.67. The molecule has 16 heavy (non-hydrogen) atoms. The largest absolute Gasteiger partial charge is 0.494 e. The molecule has 0 spiro atoms. The van der Waals surface area contributed by atoms with Crippen LogP contribution in [0.15, 0.2) is 23.1 Å². The third-order valence-corrected chi connectivity index (χ3v) is 2.82. The van der Waals surface area contributed by atoms with Crippen molar-refractivity contribution >= 4 is 17.4 Å². The topological polar surface area (TPSA) is 35.2 Å². The van der Waals surface area contributed by atoms with Crippen LogP contribution in [0.4, 0.5) is 18.9 Å². The molecule has 1 rings (SSSR count). The standard InChI is InChI=1S/C10H12F3NOS/c1-2-15-7-3-4-8(14)9(5-7)16-6-10(11,12)13/h3-5H,2,6,14H2,1H3. The van der Waals surface area contributed by atoms with E-state index in [4.69, 9.17) is 10.5 Å². The molecule has 0 aliphatic rings. The van der Waals surface area contributed by atoms with Gasteiger partial charge in [-0.05, 0) is 25.1 Å². The van der Waals surface area contributed by atoms with Crippen LogP contribution in [-0.4, -0.2) is 18.5 Å². The van der Waals surface area contributed by atoms with Gasteiger partial charge in [-0.2, -0.15) is 13.2 Å². The molecule has 0 fully saturated rings. The maximum absolute atomic E-state index is 12.0. The second-order valence-corrected chi connectivity index (χ2v) is 4.05. The lowest BCUT2D eigenvalue weighted by Crippen LogP contribution is -2.10. The highest BCUT2D eigenvalue weighted by molar-refractivity contribution is 7.99. The molecule has 0 aliphatic heterocycles. The van der Waals surface area contributed by atoms with Gasteiger partial charge >= 0.3 is 6.18 Å². The second-order valence-electron chi connectivity index (χ2n) is 3.04. The molecule has 1 aromatic carbocycles. The zero-order chi connectivity index (χ0) is 12.2. The number of halogens is 3. The number of anilines is 1.